The van der Waals surface area contributed by atoms with Crippen LogP contribution in [-0.2, 0) is 15.8 Å². The summed E-state index contributed by atoms with van der Waals surface area (Å²) >= 11 is 1.72. The Hall–Kier alpha value is -1.03. The molecule has 0 aliphatic heterocycles. The second-order valence-corrected chi connectivity index (χ2v) is 7.38. The van der Waals surface area contributed by atoms with E-state index in [4.69, 9.17) is 5.26 Å². The fourth-order valence-corrected chi connectivity index (χ4v) is 3.00. The lowest BCUT2D eigenvalue weighted by molar-refractivity contribution is 0.578. The van der Waals surface area contributed by atoms with Crippen LogP contribution >= 0.6 is 11.8 Å². The lowest BCUT2D eigenvalue weighted by Crippen LogP contribution is -2.27. The first-order valence-electron chi connectivity index (χ1n) is 5.96. The van der Waals surface area contributed by atoms with E-state index < -0.39 is 10.0 Å². The van der Waals surface area contributed by atoms with Crippen molar-refractivity contribution < 1.29 is 8.42 Å². The van der Waals surface area contributed by atoms with Crippen molar-refractivity contribution in [2.24, 2.45) is 0 Å². The van der Waals surface area contributed by atoms with E-state index in [0.29, 0.717) is 22.9 Å². The van der Waals surface area contributed by atoms with Gasteiger partial charge in [-0.1, -0.05) is 19.1 Å². The van der Waals surface area contributed by atoms with Gasteiger partial charge in [0.2, 0.25) is 10.0 Å². The van der Waals surface area contributed by atoms with Gasteiger partial charge in [-0.25, -0.2) is 13.1 Å². The molecule has 0 fully saturated rings. The molecule has 4 nitrogen and oxygen atoms in total. The average Bonchev–Trinajstić information content (AvgIpc) is 2.38. The van der Waals surface area contributed by atoms with Gasteiger partial charge in [-0.15, -0.1) is 0 Å². The molecule has 0 aromatic heterocycles. The molecule has 1 N–H and O–H groups in total. The third kappa shape index (κ3) is 6.10. The van der Waals surface area contributed by atoms with Crippen LogP contribution in [0.5, 0.6) is 0 Å². The smallest absolute Gasteiger partial charge is 0.215 e. The molecule has 0 spiro atoms. The minimum absolute atomic E-state index is 0.0492. The Morgan fingerprint density at radius 3 is 2.53 bits per heavy atom. The summed E-state index contributed by atoms with van der Waals surface area (Å²) in [5.74, 6) is -0.0492. The number of thioether (sulfide) groups is 1. The number of benzene rings is 1. The predicted octanol–water partition coefficient (Wildman–Crippen LogP) is 2.12. The topological polar surface area (TPSA) is 70.0 Å². The molecule has 19 heavy (non-hydrogen) atoms. The average molecular weight is 298 g/mol. The van der Waals surface area contributed by atoms with Crippen molar-refractivity contribution in [1.82, 2.24) is 4.72 Å². The summed E-state index contributed by atoms with van der Waals surface area (Å²) in [5, 5.41) is 9.11. The normalized spacial score (nSPS) is 12.9. The first kappa shape index (κ1) is 16.0. The molecule has 0 aliphatic rings. The van der Waals surface area contributed by atoms with Crippen LogP contribution < -0.4 is 4.72 Å². The number of rotatable bonds is 7. The van der Waals surface area contributed by atoms with Crippen molar-refractivity contribution in [3.8, 4) is 6.07 Å². The quantitative estimate of drug-likeness (QED) is 0.837. The molecule has 0 bridgehead atoms. The van der Waals surface area contributed by atoms with E-state index in [2.05, 4.69) is 11.6 Å². The molecule has 1 aromatic rings. The molecule has 0 amide bonds. The monoisotopic (exact) mass is 298 g/mol. The zero-order valence-corrected chi connectivity index (χ0v) is 12.7. The summed E-state index contributed by atoms with van der Waals surface area (Å²) in [6.07, 6.45) is 2.82. The number of nitrogens with one attached hydrogen (secondary N) is 1. The van der Waals surface area contributed by atoms with E-state index in [9.17, 15) is 8.42 Å². The molecule has 0 saturated heterocycles. The summed E-state index contributed by atoms with van der Waals surface area (Å²) < 4.78 is 26.3. The zero-order chi connectivity index (χ0) is 14.3. The fourth-order valence-electron chi connectivity index (χ4n) is 1.48. The third-order valence-corrected chi connectivity index (χ3v) is 5.11. The SMILES string of the molecule is CSC(C)CCNS(=O)(=O)Cc1ccc(C#N)cc1. The van der Waals surface area contributed by atoms with Crippen LogP contribution in [0.4, 0.5) is 0 Å². The van der Waals surface area contributed by atoms with Gasteiger partial charge in [-0.3, -0.25) is 0 Å². The maximum absolute atomic E-state index is 11.8. The first-order chi connectivity index (χ1) is 8.96. The molecule has 1 aromatic carbocycles. The highest BCUT2D eigenvalue weighted by atomic mass is 32.2. The maximum Gasteiger partial charge on any atom is 0.215 e. The summed E-state index contributed by atoms with van der Waals surface area (Å²) in [4.78, 5) is 0. The largest absolute Gasteiger partial charge is 0.215 e. The van der Waals surface area contributed by atoms with Gasteiger partial charge in [0.05, 0.1) is 17.4 Å². The summed E-state index contributed by atoms with van der Waals surface area (Å²) in [7, 11) is -3.30. The van der Waals surface area contributed by atoms with Crippen LogP contribution in [0, 0.1) is 11.3 Å². The van der Waals surface area contributed by atoms with Crippen molar-refractivity contribution in [1.29, 1.82) is 5.26 Å². The van der Waals surface area contributed by atoms with Crippen molar-refractivity contribution in [3.63, 3.8) is 0 Å². The van der Waals surface area contributed by atoms with E-state index in [1.54, 1.807) is 36.0 Å². The molecule has 1 unspecified atom stereocenters. The fraction of sp³-hybridized carbons (Fsp3) is 0.462. The number of hydrogen-bond donors (Lipinski definition) is 1. The number of hydrogen-bond acceptors (Lipinski definition) is 4. The van der Waals surface area contributed by atoms with E-state index in [1.165, 1.54) is 0 Å². The van der Waals surface area contributed by atoms with Crippen LogP contribution in [0.1, 0.15) is 24.5 Å². The maximum atomic E-state index is 11.8. The van der Waals surface area contributed by atoms with Crippen molar-refractivity contribution in [2.75, 3.05) is 12.8 Å². The van der Waals surface area contributed by atoms with Crippen molar-refractivity contribution in [2.45, 2.75) is 24.3 Å². The van der Waals surface area contributed by atoms with Gasteiger partial charge < -0.3 is 0 Å². The van der Waals surface area contributed by atoms with Gasteiger partial charge in [-0.2, -0.15) is 17.0 Å². The number of nitrogens with zero attached hydrogens (tertiary/aromatic N) is 1. The Bertz CT molecular complexity index is 533. The second kappa shape index (κ2) is 7.53. The van der Waals surface area contributed by atoms with Gasteiger partial charge in [-0.05, 0) is 30.4 Å². The number of sulfonamides is 1. The molecule has 0 aliphatic carbocycles. The second-order valence-electron chi connectivity index (χ2n) is 4.30. The minimum Gasteiger partial charge on any atom is -0.215 e. The Morgan fingerprint density at radius 2 is 2.00 bits per heavy atom. The summed E-state index contributed by atoms with van der Waals surface area (Å²) in [6.45, 7) is 2.53. The lowest BCUT2D eigenvalue weighted by atomic mass is 10.2. The molecule has 104 valence electrons. The molecular weight excluding hydrogens is 280 g/mol. The van der Waals surface area contributed by atoms with Gasteiger partial charge in [0.25, 0.3) is 0 Å². The third-order valence-electron chi connectivity index (χ3n) is 2.71. The molecule has 1 rings (SSSR count). The van der Waals surface area contributed by atoms with E-state index in [1.807, 2.05) is 12.3 Å². The Balaban J connectivity index is 2.52. The highest BCUT2D eigenvalue weighted by molar-refractivity contribution is 7.99. The minimum atomic E-state index is -3.30. The molecule has 1 atom stereocenters. The van der Waals surface area contributed by atoms with Crippen LogP contribution in [0.3, 0.4) is 0 Å². The van der Waals surface area contributed by atoms with Crippen LogP contribution in [0.2, 0.25) is 0 Å². The van der Waals surface area contributed by atoms with Crippen molar-refractivity contribution in [3.05, 3.63) is 35.4 Å². The lowest BCUT2D eigenvalue weighted by Gasteiger charge is -2.10. The van der Waals surface area contributed by atoms with E-state index in [0.717, 1.165) is 6.42 Å². The Kier molecular flexibility index (Phi) is 6.35. The summed E-state index contributed by atoms with van der Waals surface area (Å²) in [5.41, 5.74) is 1.22. The molecule has 0 saturated carbocycles. The van der Waals surface area contributed by atoms with Crippen LogP contribution in [0.15, 0.2) is 24.3 Å². The van der Waals surface area contributed by atoms with Crippen molar-refractivity contribution >= 4 is 21.8 Å². The van der Waals surface area contributed by atoms with Gasteiger partial charge in [0.15, 0.2) is 0 Å². The van der Waals surface area contributed by atoms with Gasteiger partial charge in [0, 0.05) is 11.8 Å². The van der Waals surface area contributed by atoms with Gasteiger partial charge >= 0.3 is 0 Å². The number of nitriles is 1. The zero-order valence-electron chi connectivity index (χ0n) is 11.1. The van der Waals surface area contributed by atoms with Crippen LogP contribution in [0.25, 0.3) is 0 Å². The first-order valence-corrected chi connectivity index (χ1v) is 8.90. The highest BCUT2D eigenvalue weighted by Gasteiger charge is 2.11. The summed E-state index contributed by atoms with van der Waals surface area (Å²) in [6, 6.07) is 8.59. The molecule has 6 heteroatoms. The Labute approximate surface area is 119 Å². The predicted molar refractivity (Wildman–Crippen MR) is 79.4 cm³/mol. The molecule has 0 heterocycles. The standard InChI is InChI=1S/C13H18N2O2S2/c1-11(18-2)7-8-15-19(16,17)10-13-5-3-12(9-14)4-6-13/h3-6,11,15H,7-8,10H2,1-2H3. The highest BCUT2D eigenvalue weighted by Crippen LogP contribution is 2.10. The Morgan fingerprint density at radius 1 is 1.37 bits per heavy atom. The molecule has 0 radical (unpaired) electrons. The van der Waals surface area contributed by atoms with E-state index in [-0.39, 0.29) is 5.75 Å². The van der Waals surface area contributed by atoms with E-state index >= 15 is 0 Å². The molecular formula is C13H18N2O2S2. The van der Waals surface area contributed by atoms with Crippen LogP contribution in [-0.4, -0.2) is 26.5 Å². The van der Waals surface area contributed by atoms with Gasteiger partial charge in [0.1, 0.15) is 0 Å².